The molecule has 5 nitrogen and oxygen atoms in total. The molecule has 0 aromatic carbocycles. The fraction of sp³-hybridized carbons (Fsp3) is 0.875. The summed E-state index contributed by atoms with van der Waals surface area (Å²) in [6.45, 7) is 3.43. The van der Waals surface area contributed by atoms with Gasteiger partial charge in [-0.2, -0.15) is 0 Å². The normalized spacial score (nSPS) is 36.3. The summed E-state index contributed by atoms with van der Waals surface area (Å²) in [5.41, 5.74) is 0. The summed E-state index contributed by atoms with van der Waals surface area (Å²) in [5, 5.41) is 3.09. The Morgan fingerprint density at radius 3 is 2.86 bits per heavy atom. The second kappa shape index (κ2) is 5.27. The SMILES string of the molecule is O=C(CN1C[C@H]2C[C@H](C1)[C@H]1CCCC(=O)N1C2)NC1CC1. The maximum absolute atomic E-state index is 12.1. The van der Waals surface area contributed by atoms with E-state index in [1.54, 1.807) is 0 Å². The maximum atomic E-state index is 12.1. The van der Waals surface area contributed by atoms with Gasteiger partial charge in [0.25, 0.3) is 0 Å². The maximum Gasteiger partial charge on any atom is 0.234 e. The number of amides is 2. The van der Waals surface area contributed by atoms with Crippen LogP contribution in [0.1, 0.15) is 38.5 Å². The molecule has 0 aromatic rings. The van der Waals surface area contributed by atoms with Crippen LogP contribution in [-0.4, -0.2) is 59.9 Å². The highest BCUT2D eigenvalue weighted by molar-refractivity contribution is 5.79. The van der Waals surface area contributed by atoms with Gasteiger partial charge in [0.05, 0.1) is 6.54 Å². The zero-order chi connectivity index (χ0) is 14.4. The smallest absolute Gasteiger partial charge is 0.234 e. The molecular formula is C16H25N3O2. The van der Waals surface area contributed by atoms with Gasteiger partial charge in [0, 0.05) is 38.1 Å². The zero-order valence-electron chi connectivity index (χ0n) is 12.6. The number of piperidine rings is 3. The molecule has 3 saturated heterocycles. The second-order valence-electron chi connectivity index (χ2n) is 7.40. The molecule has 21 heavy (non-hydrogen) atoms. The molecule has 4 aliphatic rings. The summed E-state index contributed by atoms with van der Waals surface area (Å²) in [5.74, 6) is 1.70. The van der Waals surface area contributed by atoms with E-state index in [0.29, 0.717) is 36.4 Å². The third-order valence-electron chi connectivity index (χ3n) is 5.57. The molecule has 3 aliphatic heterocycles. The first kappa shape index (κ1) is 13.6. The average molecular weight is 291 g/mol. The molecule has 0 aromatic heterocycles. The van der Waals surface area contributed by atoms with Crippen LogP contribution in [0.4, 0.5) is 0 Å². The van der Waals surface area contributed by atoms with Crippen molar-refractivity contribution in [2.24, 2.45) is 11.8 Å². The Balaban J connectivity index is 1.38. The fourth-order valence-electron chi connectivity index (χ4n) is 4.55. The van der Waals surface area contributed by atoms with Crippen LogP contribution in [0.15, 0.2) is 0 Å². The summed E-state index contributed by atoms with van der Waals surface area (Å²) >= 11 is 0. The molecule has 5 heteroatoms. The molecule has 4 rings (SSSR count). The molecule has 3 heterocycles. The molecule has 1 aliphatic carbocycles. The van der Waals surface area contributed by atoms with Gasteiger partial charge in [0.1, 0.15) is 0 Å². The Morgan fingerprint density at radius 1 is 1.19 bits per heavy atom. The lowest BCUT2D eigenvalue weighted by molar-refractivity contribution is -0.145. The lowest BCUT2D eigenvalue weighted by atomic mass is 9.76. The molecule has 2 amide bonds. The first-order chi connectivity index (χ1) is 10.2. The number of nitrogens with zero attached hydrogens (tertiary/aromatic N) is 2. The van der Waals surface area contributed by atoms with Crippen LogP contribution >= 0.6 is 0 Å². The van der Waals surface area contributed by atoms with Crippen LogP contribution in [0, 0.1) is 11.8 Å². The van der Waals surface area contributed by atoms with Crippen LogP contribution in [-0.2, 0) is 9.59 Å². The first-order valence-corrected chi connectivity index (χ1v) is 8.50. The summed E-state index contributed by atoms with van der Waals surface area (Å²) in [4.78, 5) is 28.6. The van der Waals surface area contributed by atoms with Gasteiger partial charge in [-0.05, 0) is 43.9 Å². The van der Waals surface area contributed by atoms with Gasteiger partial charge in [-0.3, -0.25) is 14.5 Å². The quantitative estimate of drug-likeness (QED) is 0.828. The molecular weight excluding hydrogens is 266 g/mol. The highest BCUT2D eigenvalue weighted by Gasteiger charge is 2.44. The summed E-state index contributed by atoms with van der Waals surface area (Å²) in [6.07, 6.45) is 6.49. The Bertz CT molecular complexity index is 449. The van der Waals surface area contributed by atoms with Crippen LogP contribution in [0.2, 0.25) is 0 Å². The molecule has 116 valence electrons. The molecule has 0 radical (unpaired) electrons. The number of hydrogen-bond acceptors (Lipinski definition) is 3. The molecule has 2 bridgehead atoms. The van der Waals surface area contributed by atoms with Crippen molar-refractivity contribution in [3.05, 3.63) is 0 Å². The molecule has 1 N–H and O–H groups in total. The van der Waals surface area contributed by atoms with Crippen molar-refractivity contribution in [1.82, 2.24) is 15.1 Å². The minimum atomic E-state index is 0.189. The van der Waals surface area contributed by atoms with E-state index in [1.165, 1.54) is 6.42 Å². The number of rotatable bonds is 3. The zero-order valence-corrected chi connectivity index (χ0v) is 12.6. The fourth-order valence-corrected chi connectivity index (χ4v) is 4.55. The van der Waals surface area contributed by atoms with Gasteiger partial charge in [0.2, 0.25) is 11.8 Å². The molecule has 4 fully saturated rings. The summed E-state index contributed by atoms with van der Waals surface area (Å²) in [6, 6.07) is 0.894. The largest absolute Gasteiger partial charge is 0.352 e. The predicted octanol–water partition coefficient (Wildman–Crippen LogP) is 0.598. The van der Waals surface area contributed by atoms with E-state index in [1.807, 2.05) is 0 Å². The number of likely N-dealkylation sites (tertiary alicyclic amines) is 1. The molecule has 1 saturated carbocycles. The monoisotopic (exact) mass is 291 g/mol. The summed E-state index contributed by atoms with van der Waals surface area (Å²) < 4.78 is 0. The van der Waals surface area contributed by atoms with E-state index < -0.39 is 0 Å². The van der Waals surface area contributed by atoms with Gasteiger partial charge < -0.3 is 10.2 Å². The first-order valence-electron chi connectivity index (χ1n) is 8.50. The number of fused-ring (bicyclic) bond motifs is 4. The van der Waals surface area contributed by atoms with Crippen molar-refractivity contribution in [2.75, 3.05) is 26.2 Å². The average Bonchev–Trinajstić information content (AvgIpc) is 3.24. The van der Waals surface area contributed by atoms with E-state index in [2.05, 4.69) is 15.1 Å². The number of nitrogens with one attached hydrogen (secondary N) is 1. The Hall–Kier alpha value is -1.10. The van der Waals surface area contributed by atoms with Gasteiger partial charge in [-0.25, -0.2) is 0 Å². The number of carbonyl (C=O) groups is 2. The van der Waals surface area contributed by atoms with Crippen LogP contribution in [0.5, 0.6) is 0 Å². The van der Waals surface area contributed by atoms with Gasteiger partial charge in [-0.15, -0.1) is 0 Å². The minimum Gasteiger partial charge on any atom is -0.352 e. The van der Waals surface area contributed by atoms with Gasteiger partial charge in [-0.1, -0.05) is 0 Å². The van der Waals surface area contributed by atoms with E-state index in [4.69, 9.17) is 0 Å². The Kier molecular flexibility index (Phi) is 3.40. The van der Waals surface area contributed by atoms with Crippen molar-refractivity contribution >= 4 is 11.8 Å². The van der Waals surface area contributed by atoms with Crippen molar-refractivity contribution in [2.45, 2.75) is 50.6 Å². The minimum absolute atomic E-state index is 0.189. The number of hydrogen-bond donors (Lipinski definition) is 1. The van der Waals surface area contributed by atoms with Crippen molar-refractivity contribution in [3.8, 4) is 0 Å². The van der Waals surface area contributed by atoms with Crippen molar-refractivity contribution in [1.29, 1.82) is 0 Å². The van der Waals surface area contributed by atoms with Crippen LogP contribution in [0.3, 0.4) is 0 Å². The van der Waals surface area contributed by atoms with Crippen LogP contribution in [0.25, 0.3) is 0 Å². The molecule has 3 atom stereocenters. The number of carbonyl (C=O) groups excluding carboxylic acids is 2. The third-order valence-corrected chi connectivity index (χ3v) is 5.57. The second-order valence-corrected chi connectivity index (χ2v) is 7.40. The Morgan fingerprint density at radius 2 is 2.05 bits per heavy atom. The van der Waals surface area contributed by atoms with Crippen molar-refractivity contribution < 1.29 is 9.59 Å². The van der Waals surface area contributed by atoms with Gasteiger partial charge >= 0.3 is 0 Å². The Labute approximate surface area is 126 Å². The standard InChI is InChI=1S/C16H25N3O2/c20-15(17-13-4-5-13)10-18-7-11-6-12(9-18)14-2-1-3-16(21)19(14)8-11/h11-14H,1-10H2,(H,17,20)/t11-,12-,14-/m1/s1. The highest BCUT2D eigenvalue weighted by Crippen LogP contribution is 2.37. The predicted molar refractivity (Wildman–Crippen MR) is 78.6 cm³/mol. The lowest BCUT2D eigenvalue weighted by Crippen LogP contribution is -2.61. The molecule has 0 spiro atoms. The van der Waals surface area contributed by atoms with E-state index in [0.717, 1.165) is 51.7 Å². The third kappa shape index (κ3) is 2.80. The molecule has 0 unspecified atom stereocenters. The van der Waals surface area contributed by atoms with E-state index in [9.17, 15) is 9.59 Å². The van der Waals surface area contributed by atoms with E-state index >= 15 is 0 Å². The van der Waals surface area contributed by atoms with E-state index in [-0.39, 0.29) is 5.91 Å². The van der Waals surface area contributed by atoms with Gasteiger partial charge in [0.15, 0.2) is 0 Å². The highest BCUT2D eigenvalue weighted by atomic mass is 16.2. The van der Waals surface area contributed by atoms with Crippen LogP contribution < -0.4 is 5.32 Å². The topological polar surface area (TPSA) is 52.7 Å². The van der Waals surface area contributed by atoms with Crippen molar-refractivity contribution in [3.63, 3.8) is 0 Å². The lowest BCUT2D eigenvalue weighted by Gasteiger charge is -2.52. The summed E-state index contributed by atoms with van der Waals surface area (Å²) in [7, 11) is 0.